The topological polar surface area (TPSA) is 71.4 Å². The molecule has 0 bridgehead atoms. The fourth-order valence-corrected chi connectivity index (χ4v) is 3.93. The van der Waals surface area contributed by atoms with Gasteiger partial charge in [-0.3, -0.25) is 9.10 Å². The minimum absolute atomic E-state index is 0.158. The van der Waals surface area contributed by atoms with Crippen LogP contribution in [0.5, 0.6) is 0 Å². The summed E-state index contributed by atoms with van der Waals surface area (Å²) in [4.78, 5) is 12.4. The van der Waals surface area contributed by atoms with E-state index >= 15 is 0 Å². The lowest BCUT2D eigenvalue weighted by atomic mass is 10.1. The fraction of sp³-hybridized carbons (Fsp3) is 0.353. The number of aryl methyl sites for hydroxylation is 1. The highest BCUT2D eigenvalue weighted by molar-refractivity contribution is 7.92. The number of rotatable bonds is 4. The Balaban J connectivity index is 1.74. The second kappa shape index (κ2) is 5.98. The number of hydrogen-bond acceptors (Lipinski definition) is 3. The highest BCUT2D eigenvalue weighted by Crippen LogP contribution is 2.30. The lowest BCUT2D eigenvalue weighted by Crippen LogP contribution is -2.27. The maximum absolute atomic E-state index is 12.4. The Kier molecular flexibility index (Phi) is 4.13. The van der Waals surface area contributed by atoms with Gasteiger partial charge in [-0.2, -0.15) is 0 Å². The van der Waals surface area contributed by atoms with Crippen LogP contribution in [-0.2, 0) is 30.0 Å². The molecule has 1 N–H and O–H groups in total. The van der Waals surface area contributed by atoms with Crippen molar-refractivity contribution in [1.82, 2.24) is 9.88 Å². The van der Waals surface area contributed by atoms with Crippen molar-refractivity contribution >= 4 is 21.6 Å². The Labute approximate surface area is 142 Å². The molecule has 2 heterocycles. The predicted octanol–water partition coefficient (Wildman–Crippen LogP) is 1.59. The van der Waals surface area contributed by atoms with Crippen LogP contribution < -0.4 is 9.62 Å². The largest absolute Gasteiger partial charge is 0.350 e. The van der Waals surface area contributed by atoms with E-state index in [0.717, 1.165) is 17.0 Å². The van der Waals surface area contributed by atoms with E-state index in [9.17, 15) is 13.2 Å². The van der Waals surface area contributed by atoms with Gasteiger partial charge in [-0.25, -0.2) is 8.42 Å². The molecule has 0 atom stereocenters. The van der Waals surface area contributed by atoms with Crippen LogP contribution in [0.2, 0.25) is 0 Å². The normalized spacial score (nSPS) is 13.9. The molecule has 6 nitrogen and oxygen atoms in total. The molecular formula is C17H21N3O3S. The third-order valence-electron chi connectivity index (χ3n) is 4.50. The minimum Gasteiger partial charge on any atom is -0.350 e. The quantitative estimate of drug-likeness (QED) is 0.913. The van der Waals surface area contributed by atoms with Crippen molar-refractivity contribution in [3.05, 3.63) is 52.8 Å². The summed E-state index contributed by atoms with van der Waals surface area (Å²) < 4.78 is 26.9. The number of anilines is 1. The van der Waals surface area contributed by atoms with Crippen LogP contribution in [0.4, 0.5) is 5.69 Å². The highest BCUT2D eigenvalue weighted by atomic mass is 32.2. The third kappa shape index (κ3) is 3.03. The molecule has 0 aliphatic carbocycles. The molecule has 0 spiro atoms. The van der Waals surface area contributed by atoms with Gasteiger partial charge in [-0.05, 0) is 49.2 Å². The van der Waals surface area contributed by atoms with Crippen molar-refractivity contribution in [2.75, 3.05) is 17.1 Å². The van der Waals surface area contributed by atoms with Gasteiger partial charge in [0, 0.05) is 30.5 Å². The molecule has 1 aliphatic heterocycles. The second-order valence-electron chi connectivity index (χ2n) is 6.14. The number of fused-ring (bicyclic) bond motifs is 1. The van der Waals surface area contributed by atoms with Crippen molar-refractivity contribution in [3.8, 4) is 0 Å². The van der Waals surface area contributed by atoms with Gasteiger partial charge in [0.2, 0.25) is 10.0 Å². The molecule has 1 aliphatic rings. The molecule has 128 valence electrons. The average Bonchev–Trinajstić information content (AvgIpc) is 3.09. The predicted molar refractivity (Wildman–Crippen MR) is 93.7 cm³/mol. The summed E-state index contributed by atoms with van der Waals surface area (Å²) in [5.41, 5.74) is 4.29. The summed E-state index contributed by atoms with van der Waals surface area (Å²) in [7, 11) is -1.30. The van der Waals surface area contributed by atoms with Crippen molar-refractivity contribution in [3.63, 3.8) is 0 Å². The molecule has 0 saturated heterocycles. The summed E-state index contributed by atoms with van der Waals surface area (Å²) >= 11 is 0. The minimum atomic E-state index is -3.27. The molecule has 24 heavy (non-hydrogen) atoms. The first kappa shape index (κ1) is 16.6. The molecule has 2 aromatic rings. The van der Waals surface area contributed by atoms with Crippen LogP contribution in [0, 0.1) is 6.92 Å². The number of aromatic nitrogens is 1. The van der Waals surface area contributed by atoms with Crippen LogP contribution >= 0.6 is 0 Å². The molecule has 1 amide bonds. The van der Waals surface area contributed by atoms with E-state index in [-0.39, 0.29) is 5.91 Å². The molecule has 1 aromatic heterocycles. The Morgan fingerprint density at radius 2 is 2.00 bits per heavy atom. The molecule has 3 rings (SSSR count). The Morgan fingerprint density at radius 3 is 2.62 bits per heavy atom. The van der Waals surface area contributed by atoms with Gasteiger partial charge in [0.25, 0.3) is 5.91 Å². The zero-order valence-corrected chi connectivity index (χ0v) is 14.9. The summed E-state index contributed by atoms with van der Waals surface area (Å²) in [6.07, 6.45) is 1.82. The number of carbonyl (C=O) groups excluding carboxylic acids is 1. The Bertz CT molecular complexity index is 900. The van der Waals surface area contributed by atoms with Gasteiger partial charge in [0.05, 0.1) is 18.5 Å². The number of nitrogens with zero attached hydrogens (tertiary/aromatic N) is 2. The van der Waals surface area contributed by atoms with Crippen molar-refractivity contribution < 1.29 is 13.2 Å². The molecule has 0 saturated carbocycles. The van der Waals surface area contributed by atoms with Crippen molar-refractivity contribution in [2.24, 2.45) is 7.05 Å². The number of hydrogen-bond donors (Lipinski definition) is 1. The number of sulfonamides is 1. The van der Waals surface area contributed by atoms with Crippen LogP contribution in [-0.4, -0.2) is 31.7 Å². The number of carbonyl (C=O) groups is 1. The van der Waals surface area contributed by atoms with Crippen LogP contribution in [0.25, 0.3) is 0 Å². The summed E-state index contributed by atoms with van der Waals surface area (Å²) in [6, 6.07) is 9.17. The Hall–Kier alpha value is -2.28. The molecule has 0 unspecified atom stereocenters. The van der Waals surface area contributed by atoms with Crippen molar-refractivity contribution in [1.29, 1.82) is 0 Å². The first-order valence-electron chi connectivity index (χ1n) is 7.77. The first-order chi connectivity index (χ1) is 11.3. The van der Waals surface area contributed by atoms with Gasteiger partial charge in [0.1, 0.15) is 0 Å². The van der Waals surface area contributed by atoms with Gasteiger partial charge < -0.3 is 9.88 Å². The van der Waals surface area contributed by atoms with E-state index in [0.29, 0.717) is 30.8 Å². The summed E-state index contributed by atoms with van der Waals surface area (Å²) in [5, 5.41) is 2.91. The zero-order chi connectivity index (χ0) is 17.5. The van der Waals surface area contributed by atoms with E-state index in [2.05, 4.69) is 5.32 Å². The van der Waals surface area contributed by atoms with Crippen LogP contribution in [0.3, 0.4) is 0 Å². The van der Waals surface area contributed by atoms with E-state index in [1.165, 1.54) is 10.6 Å². The van der Waals surface area contributed by atoms with E-state index in [4.69, 9.17) is 0 Å². The third-order valence-corrected chi connectivity index (χ3v) is 5.68. The van der Waals surface area contributed by atoms with Crippen LogP contribution in [0.1, 0.15) is 27.3 Å². The summed E-state index contributed by atoms with van der Waals surface area (Å²) in [5.74, 6) is -0.158. The molecule has 0 fully saturated rings. The fourth-order valence-electron chi connectivity index (χ4n) is 2.97. The lowest BCUT2D eigenvalue weighted by molar-refractivity contribution is 0.0950. The maximum Gasteiger partial charge on any atom is 0.251 e. The summed E-state index contributed by atoms with van der Waals surface area (Å²) in [6.45, 7) is 2.90. The second-order valence-corrected chi connectivity index (χ2v) is 8.04. The van der Waals surface area contributed by atoms with Gasteiger partial charge in [-0.15, -0.1) is 0 Å². The van der Waals surface area contributed by atoms with Gasteiger partial charge >= 0.3 is 0 Å². The average molecular weight is 347 g/mol. The lowest BCUT2D eigenvalue weighted by Gasteiger charge is -2.16. The SMILES string of the molecule is Cc1ccc(CNC(=O)c2ccc3c(c2)CCN3S(C)(=O)=O)n1C. The van der Waals surface area contributed by atoms with E-state index in [1.807, 2.05) is 30.7 Å². The molecule has 0 radical (unpaired) electrons. The van der Waals surface area contributed by atoms with Crippen LogP contribution in [0.15, 0.2) is 30.3 Å². The van der Waals surface area contributed by atoms with E-state index < -0.39 is 10.0 Å². The number of nitrogens with one attached hydrogen (secondary N) is 1. The maximum atomic E-state index is 12.4. The highest BCUT2D eigenvalue weighted by Gasteiger charge is 2.26. The smallest absolute Gasteiger partial charge is 0.251 e. The van der Waals surface area contributed by atoms with Gasteiger partial charge in [0.15, 0.2) is 0 Å². The monoisotopic (exact) mass is 347 g/mol. The molecular weight excluding hydrogens is 326 g/mol. The van der Waals surface area contributed by atoms with E-state index in [1.54, 1.807) is 18.2 Å². The first-order valence-corrected chi connectivity index (χ1v) is 9.62. The number of benzene rings is 1. The standard InChI is InChI=1S/C17H21N3O3S/c1-12-4-6-15(19(12)2)11-18-17(21)14-5-7-16-13(10-14)8-9-20(16)24(3,22)23/h4-7,10H,8-9,11H2,1-3H3,(H,18,21). The molecule has 1 aromatic carbocycles. The van der Waals surface area contributed by atoms with Crippen molar-refractivity contribution in [2.45, 2.75) is 19.9 Å². The Morgan fingerprint density at radius 1 is 1.25 bits per heavy atom. The van der Waals surface area contributed by atoms with Gasteiger partial charge in [-0.1, -0.05) is 0 Å². The number of amides is 1. The molecule has 7 heteroatoms. The zero-order valence-electron chi connectivity index (χ0n) is 14.0.